The number of nitrogens with zero attached hydrogens (tertiary/aromatic N) is 5. The molecule has 0 bridgehead atoms. The van der Waals surface area contributed by atoms with E-state index < -0.39 is 5.90 Å². The molecule has 4 N–H and O–H groups in total. The topological polar surface area (TPSA) is 143 Å². The van der Waals surface area contributed by atoms with Gasteiger partial charge >= 0.3 is 5.88 Å². The first kappa shape index (κ1) is 13.1. The molecule has 2 aromatic heterocycles. The van der Waals surface area contributed by atoms with E-state index in [9.17, 15) is 5.11 Å². The summed E-state index contributed by atoms with van der Waals surface area (Å²) in [5.41, 5.74) is 11.0. The monoisotopic (exact) mass is 281 g/mol. The zero-order chi connectivity index (χ0) is 13.8. The minimum Gasteiger partial charge on any atom is -0.861 e. The van der Waals surface area contributed by atoms with Crippen molar-refractivity contribution in [3.8, 4) is 0 Å². The van der Waals surface area contributed by atoms with Crippen molar-refractivity contribution in [3.05, 3.63) is 12.3 Å². The summed E-state index contributed by atoms with van der Waals surface area (Å²) >= 11 is 1.09. The molecule has 0 amide bonds. The SMILES string of the molecule is C[n+]1cc(/N=C(\[O-])CSc2nc(N)cc(N)n2)on1. The molecule has 0 atom stereocenters. The van der Waals surface area contributed by atoms with Gasteiger partial charge in [-0.1, -0.05) is 16.4 Å². The Hall–Kier alpha value is -2.36. The summed E-state index contributed by atoms with van der Waals surface area (Å²) in [5.74, 6) is 0.295. The molecule has 0 spiro atoms. The largest absolute Gasteiger partial charge is 0.861 e. The van der Waals surface area contributed by atoms with E-state index in [0.29, 0.717) is 5.16 Å². The van der Waals surface area contributed by atoms with Crippen LogP contribution in [0.25, 0.3) is 0 Å². The van der Waals surface area contributed by atoms with Gasteiger partial charge in [0, 0.05) is 11.8 Å². The lowest BCUT2D eigenvalue weighted by Crippen LogP contribution is -2.27. The number of rotatable bonds is 4. The van der Waals surface area contributed by atoms with Crippen molar-refractivity contribution < 1.29 is 14.3 Å². The molecule has 19 heavy (non-hydrogen) atoms. The molecule has 100 valence electrons. The lowest BCUT2D eigenvalue weighted by atomic mass is 10.5. The first-order chi connectivity index (χ1) is 9.02. The smallest absolute Gasteiger partial charge is 0.320 e. The fourth-order valence-electron chi connectivity index (χ4n) is 1.17. The number of hydrogen-bond donors (Lipinski definition) is 2. The first-order valence-electron chi connectivity index (χ1n) is 5.13. The van der Waals surface area contributed by atoms with Crippen LogP contribution in [0, 0.1) is 0 Å². The van der Waals surface area contributed by atoms with Crippen molar-refractivity contribution in [2.75, 3.05) is 17.2 Å². The standard InChI is InChI=1S/C9H11N7O2S/c1-16-3-8(18-15-16)14-7(17)4-19-9-12-5(10)2-6(11)13-9/h2-3H,4H2,1H3,(H4-,10,11,12,13,14,15,17). The average Bonchev–Trinajstić information content (AvgIpc) is 2.71. The van der Waals surface area contributed by atoms with Gasteiger partial charge in [-0.25, -0.2) is 15.0 Å². The van der Waals surface area contributed by atoms with Crippen LogP contribution in [0.3, 0.4) is 0 Å². The molecule has 0 aliphatic rings. The third-order valence-corrected chi connectivity index (χ3v) is 2.70. The normalized spacial score (nSPS) is 11.7. The van der Waals surface area contributed by atoms with Crippen LogP contribution >= 0.6 is 11.8 Å². The van der Waals surface area contributed by atoms with Gasteiger partial charge in [0.1, 0.15) is 11.6 Å². The van der Waals surface area contributed by atoms with Crippen molar-refractivity contribution in [1.82, 2.24) is 15.2 Å². The predicted octanol–water partition coefficient (Wildman–Crippen LogP) is -1.36. The van der Waals surface area contributed by atoms with E-state index in [2.05, 4.69) is 20.2 Å². The highest BCUT2D eigenvalue weighted by molar-refractivity contribution is 7.99. The van der Waals surface area contributed by atoms with Gasteiger partial charge in [0.2, 0.25) is 0 Å². The number of aliphatic imine (C=N–C) groups is 1. The van der Waals surface area contributed by atoms with E-state index in [-0.39, 0.29) is 23.3 Å². The Morgan fingerprint density at radius 3 is 2.74 bits per heavy atom. The van der Waals surface area contributed by atoms with Crippen LogP contribution in [-0.2, 0) is 7.05 Å². The number of nitrogen functional groups attached to an aromatic ring is 2. The van der Waals surface area contributed by atoms with E-state index in [1.54, 1.807) is 7.05 Å². The van der Waals surface area contributed by atoms with Gasteiger partial charge < -0.3 is 16.6 Å². The van der Waals surface area contributed by atoms with Crippen LogP contribution in [-0.4, -0.2) is 26.9 Å². The Balaban J connectivity index is 2.00. The van der Waals surface area contributed by atoms with Gasteiger partial charge in [0.05, 0.1) is 0 Å². The maximum Gasteiger partial charge on any atom is 0.320 e. The van der Waals surface area contributed by atoms with Crippen LogP contribution in [0.15, 0.2) is 26.9 Å². The number of aryl methyl sites for hydroxylation is 1. The molecule has 0 saturated heterocycles. The lowest BCUT2D eigenvalue weighted by Gasteiger charge is -2.07. The Labute approximate surface area is 112 Å². The van der Waals surface area contributed by atoms with Crippen LogP contribution in [0.5, 0.6) is 0 Å². The molecule has 0 aromatic carbocycles. The zero-order valence-corrected chi connectivity index (χ0v) is 10.8. The van der Waals surface area contributed by atoms with Crippen molar-refractivity contribution in [1.29, 1.82) is 0 Å². The van der Waals surface area contributed by atoms with Crippen molar-refractivity contribution in [2.24, 2.45) is 12.0 Å². The fourth-order valence-corrected chi connectivity index (χ4v) is 1.83. The van der Waals surface area contributed by atoms with E-state index in [1.165, 1.54) is 16.9 Å². The summed E-state index contributed by atoms with van der Waals surface area (Å²) in [7, 11) is 1.66. The molecule has 10 heteroatoms. The van der Waals surface area contributed by atoms with Crippen molar-refractivity contribution in [3.63, 3.8) is 0 Å². The van der Waals surface area contributed by atoms with E-state index >= 15 is 0 Å². The number of hydrogen-bond acceptors (Lipinski definition) is 9. The Bertz CT molecular complexity index is 592. The second-order valence-corrected chi connectivity index (χ2v) is 4.45. The van der Waals surface area contributed by atoms with Crippen molar-refractivity contribution >= 4 is 35.2 Å². The highest BCUT2D eigenvalue weighted by Gasteiger charge is 2.05. The minimum atomic E-state index is -0.397. The van der Waals surface area contributed by atoms with Gasteiger partial charge in [-0.05, 0) is 5.90 Å². The van der Waals surface area contributed by atoms with E-state index in [1.807, 2.05) is 0 Å². The minimum absolute atomic E-state index is 0.0489. The third-order valence-electron chi connectivity index (χ3n) is 1.87. The summed E-state index contributed by atoms with van der Waals surface area (Å²) in [6.45, 7) is 0. The molecule has 9 nitrogen and oxygen atoms in total. The average molecular weight is 281 g/mol. The molecule has 0 fully saturated rings. The Kier molecular flexibility index (Phi) is 3.80. The number of anilines is 2. The third kappa shape index (κ3) is 3.81. The summed E-state index contributed by atoms with van der Waals surface area (Å²) < 4.78 is 6.17. The summed E-state index contributed by atoms with van der Waals surface area (Å²) in [5, 5.41) is 15.4. The molecule has 0 saturated carbocycles. The predicted molar refractivity (Wildman–Crippen MR) is 66.4 cm³/mol. The zero-order valence-electron chi connectivity index (χ0n) is 9.98. The number of aromatic nitrogens is 4. The van der Waals surface area contributed by atoms with Gasteiger partial charge in [-0.15, -0.1) is 0 Å². The molecule has 0 radical (unpaired) electrons. The van der Waals surface area contributed by atoms with Crippen molar-refractivity contribution in [2.45, 2.75) is 5.16 Å². The summed E-state index contributed by atoms with van der Waals surface area (Å²) in [4.78, 5) is 11.6. The van der Waals surface area contributed by atoms with Gasteiger partial charge in [-0.3, -0.25) is 4.52 Å². The number of thioether (sulfide) groups is 1. The maximum absolute atomic E-state index is 11.6. The Morgan fingerprint density at radius 1 is 1.47 bits per heavy atom. The molecule has 2 aromatic rings. The summed E-state index contributed by atoms with van der Waals surface area (Å²) in [6.07, 6.45) is 1.48. The van der Waals surface area contributed by atoms with E-state index in [0.717, 1.165) is 11.8 Å². The molecule has 0 aliphatic heterocycles. The molecule has 0 unspecified atom stereocenters. The first-order valence-corrected chi connectivity index (χ1v) is 6.11. The van der Waals surface area contributed by atoms with Gasteiger partial charge in [0.25, 0.3) is 6.20 Å². The highest BCUT2D eigenvalue weighted by Crippen LogP contribution is 2.16. The molecule has 2 heterocycles. The maximum atomic E-state index is 11.6. The van der Waals surface area contributed by atoms with Gasteiger partial charge in [-0.2, -0.15) is 0 Å². The number of nitrogens with two attached hydrogens (primary N) is 2. The van der Waals surface area contributed by atoms with Crippen LogP contribution in [0.1, 0.15) is 0 Å². The van der Waals surface area contributed by atoms with Gasteiger partial charge in [0.15, 0.2) is 17.5 Å². The molecule has 0 aliphatic carbocycles. The molecule has 2 rings (SSSR count). The van der Waals surface area contributed by atoms with Crippen LogP contribution in [0.4, 0.5) is 17.5 Å². The lowest BCUT2D eigenvalue weighted by molar-refractivity contribution is -0.739. The van der Waals surface area contributed by atoms with Crippen LogP contribution < -0.4 is 21.3 Å². The van der Waals surface area contributed by atoms with Crippen LogP contribution in [0.2, 0.25) is 0 Å². The second kappa shape index (κ2) is 5.52. The second-order valence-electron chi connectivity index (χ2n) is 3.51. The molecular weight excluding hydrogens is 270 g/mol. The molecular formula is C9H11N7O2S. The Morgan fingerprint density at radius 2 is 2.16 bits per heavy atom. The van der Waals surface area contributed by atoms with E-state index in [4.69, 9.17) is 16.0 Å². The summed E-state index contributed by atoms with van der Waals surface area (Å²) in [6, 6.07) is 1.44. The highest BCUT2D eigenvalue weighted by atomic mass is 32.2. The fraction of sp³-hybridized carbons (Fsp3) is 0.222. The quantitative estimate of drug-likeness (QED) is 0.230.